The SMILES string of the molecule is C[Si](C)(C)O[Si](C)(C)O[Si](C)(C)O[Si](Cl)(Cl)O[Si](C)(C)O[Si](C)(C)O[Si](C)(C)C. The fourth-order valence-electron chi connectivity index (χ4n) is 3.34. The van der Waals surface area contributed by atoms with Gasteiger partial charge in [-0.1, -0.05) is 22.2 Å². The topological polar surface area (TPSA) is 55.4 Å². The summed E-state index contributed by atoms with van der Waals surface area (Å²) < 4.78 is 37.4. The van der Waals surface area contributed by atoms with Crippen molar-refractivity contribution in [1.82, 2.24) is 0 Å². The van der Waals surface area contributed by atoms with Crippen molar-refractivity contribution in [2.45, 2.75) is 91.7 Å². The largest absolute Gasteiger partial charge is 0.533 e. The molecule has 0 aliphatic heterocycles. The van der Waals surface area contributed by atoms with E-state index in [1.165, 1.54) is 0 Å². The first-order chi connectivity index (χ1) is 12.2. The molecule has 0 heterocycles. The molecular weight excluding hydrogens is 532 g/mol. The van der Waals surface area contributed by atoms with E-state index in [1.807, 2.05) is 52.4 Å². The summed E-state index contributed by atoms with van der Waals surface area (Å²) in [5.41, 5.74) is 0. The number of hydrogen-bond acceptors (Lipinski definition) is 6. The Morgan fingerprint density at radius 1 is 0.345 bits per heavy atom. The second kappa shape index (κ2) is 10.0. The highest BCUT2D eigenvalue weighted by Crippen LogP contribution is 2.32. The van der Waals surface area contributed by atoms with E-state index in [9.17, 15) is 0 Å². The van der Waals surface area contributed by atoms with Gasteiger partial charge in [0.25, 0.3) is 0 Å². The normalized spacial score (nSPS) is 15.7. The molecule has 0 N–H and O–H groups in total. The number of hydrogen-bond donors (Lipinski definition) is 0. The molecule has 0 aliphatic carbocycles. The average molecular weight is 574 g/mol. The summed E-state index contributed by atoms with van der Waals surface area (Å²) in [5, 5.41) is 0. The number of halogens is 2. The van der Waals surface area contributed by atoms with Crippen LogP contribution in [-0.4, -0.2) is 58.1 Å². The average Bonchev–Trinajstić information content (AvgIpc) is 2.10. The Hall–Kier alpha value is 1.86. The van der Waals surface area contributed by atoms with Crippen molar-refractivity contribution < 1.29 is 24.7 Å². The van der Waals surface area contributed by atoms with E-state index in [4.69, 9.17) is 46.8 Å². The van der Waals surface area contributed by atoms with Crippen molar-refractivity contribution in [1.29, 1.82) is 0 Å². The maximum Gasteiger partial charge on any atom is 0.533 e. The standard InChI is InChI=1S/C14H42Cl2O6Si7/c1-23(2,3)17-25(7,8)19-27(11,12)21-29(15,16)22-28(13,14)20-26(9,10)18-24(4,5)6/h1-14H3. The lowest BCUT2D eigenvalue weighted by atomic mass is 11.8. The van der Waals surface area contributed by atoms with Crippen molar-refractivity contribution in [2.75, 3.05) is 0 Å². The fraction of sp³-hybridized carbons (Fsp3) is 1.00. The zero-order valence-electron chi connectivity index (χ0n) is 20.7. The van der Waals surface area contributed by atoms with Gasteiger partial charge < -0.3 is 24.7 Å². The van der Waals surface area contributed by atoms with Crippen LogP contribution < -0.4 is 0 Å². The highest BCUT2D eigenvalue weighted by molar-refractivity contribution is 7.41. The van der Waals surface area contributed by atoms with Gasteiger partial charge in [0.1, 0.15) is 0 Å². The van der Waals surface area contributed by atoms with E-state index in [0.717, 1.165) is 0 Å². The first kappa shape index (κ1) is 30.9. The minimum absolute atomic E-state index is 1.74. The molecule has 0 atom stereocenters. The van der Waals surface area contributed by atoms with Crippen LogP contribution in [0.4, 0.5) is 0 Å². The molecule has 0 spiro atoms. The van der Waals surface area contributed by atoms with Gasteiger partial charge in [0, 0.05) is 0 Å². The smallest absolute Gasteiger partial charge is 0.437 e. The van der Waals surface area contributed by atoms with Crippen LogP contribution in [0.1, 0.15) is 0 Å². The van der Waals surface area contributed by atoms with Crippen molar-refractivity contribution in [3.05, 3.63) is 0 Å². The monoisotopic (exact) mass is 572 g/mol. The lowest BCUT2D eigenvalue weighted by Crippen LogP contribution is -2.59. The summed E-state index contributed by atoms with van der Waals surface area (Å²) in [6.45, 7) is 28.7. The predicted octanol–water partition coefficient (Wildman–Crippen LogP) is 6.48. The molecule has 0 aromatic rings. The fourth-order valence-corrected chi connectivity index (χ4v) is 38.6. The Kier molecular flexibility index (Phi) is 10.6. The van der Waals surface area contributed by atoms with Gasteiger partial charge in [-0.15, -0.1) is 0 Å². The van der Waals surface area contributed by atoms with Gasteiger partial charge >= 0.3 is 41.4 Å². The summed E-state index contributed by atoms with van der Waals surface area (Å²) in [6, 6.07) is 0. The maximum atomic E-state index is 6.57. The van der Waals surface area contributed by atoms with Gasteiger partial charge in [-0.25, -0.2) is 0 Å². The quantitative estimate of drug-likeness (QED) is 0.197. The van der Waals surface area contributed by atoms with Crippen LogP contribution in [0.15, 0.2) is 0 Å². The van der Waals surface area contributed by atoms with Gasteiger partial charge in [-0.2, -0.15) is 0 Å². The summed E-state index contributed by atoms with van der Waals surface area (Å²) in [6.07, 6.45) is 0. The third-order valence-corrected chi connectivity index (χ3v) is 28.1. The summed E-state index contributed by atoms with van der Waals surface area (Å²) in [4.78, 5) is 0. The summed E-state index contributed by atoms with van der Waals surface area (Å²) in [5.74, 6) is 0. The molecule has 0 bridgehead atoms. The molecule has 0 aromatic heterocycles. The van der Waals surface area contributed by atoms with Crippen LogP contribution in [0.2, 0.25) is 91.7 Å². The van der Waals surface area contributed by atoms with E-state index in [-0.39, 0.29) is 0 Å². The molecule has 15 heteroatoms. The predicted molar refractivity (Wildman–Crippen MR) is 141 cm³/mol. The van der Waals surface area contributed by atoms with E-state index >= 15 is 0 Å². The van der Waals surface area contributed by atoms with Crippen LogP contribution in [0, 0.1) is 0 Å². The van der Waals surface area contributed by atoms with Gasteiger partial charge in [0.2, 0.25) is 0 Å². The molecule has 0 amide bonds. The van der Waals surface area contributed by atoms with Crippen LogP contribution in [0.3, 0.4) is 0 Å². The maximum absolute atomic E-state index is 6.57. The lowest BCUT2D eigenvalue weighted by Gasteiger charge is -2.41. The van der Waals surface area contributed by atoms with E-state index in [1.54, 1.807) is 0 Å². The first-order valence-electron chi connectivity index (χ1n) is 9.83. The summed E-state index contributed by atoms with van der Waals surface area (Å²) in [7, 11) is -17.1. The van der Waals surface area contributed by atoms with Gasteiger partial charge in [-0.3, -0.25) is 0 Å². The Balaban J connectivity index is 5.15. The molecule has 0 unspecified atom stereocenters. The molecule has 29 heavy (non-hydrogen) atoms. The molecule has 0 radical (unpaired) electrons. The van der Waals surface area contributed by atoms with E-state index in [0.29, 0.717) is 0 Å². The van der Waals surface area contributed by atoms with Crippen molar-refractivity contribution in [2.24, 2.45) is 0 Å². The van der Waals surface area contributed by atoms with Crippen molar-refractivity contribution >= 4 is 80.2 Å². The molecule has 176 valence electrons. The number of rotatable bonds is 12. The molecule has 0 aromatic carbocycles. The molecule has 0 aliphatic rings. The summed E-state index contributed by atoms with van der Waals surface area (Å²) >= 11 is 13.1. The second-order valence-corrected chi connectivity index (χ2v) is 39.9. The Labute approximate surface area is 195 Å². The first-order valence-corrected chi connectivity index (χ1v) is 31.8. The Morgan fingerprint density at radius 3 is 0.759 bits per heavy atom. The minimum Gasteiger partial charge on any atom is -0.437 e. The third-order valence-electron chi connectivity index (χ3n) is 2.82. The van der Waals surface area contributed by atoms with E-state index in [2.05, 4.69) is 39.3 Å². The lowest BCUT2D eigenvalue weighted by molar-refractivity contribution is 0.288. The van der Waals surface area contributed by atoms with Gasteiger partial charge in [0.15, 0.2) is 16.6 Å². The highest BCUT2D eigenvalue weighted by atomic mass is 35.7. The van der Waals surface area contributed by atoms with Gasteiger partial charge in [0.05, 0.1) is 0 Å². The van der Waals surface area contributed by atoms with E-state index < -0.39 is 58.1 Å². The molecule has 0 fully saturated rings. The molecule has 0 saturated heterocycles. The Bertz CT molecular complexity index is 502. The molecule has 0 saturated carbocycles. The second-order valence-electron chi connectivity index (χ2n) is 10.9. The molecule has 6 nitrogen and oxygen atoms in total. The van der Waals surface area contributed by atoms with Crippen LogP contribution >= 0.6 is 22.2 Å². The van der Waals surface area contributed by atoms with Crippen LogP contribution in [0.5, 0.6) is 0 Å². The van der Waals surface area contributed by atoms with Crippen molar-refractivity contribution in [3.63, 3.8) is 0 Å². The zero-order chi connectivity index (χ0) is 23.7. The third kappa shape index (κ3) is 16.2. The van der Waals surface area contributed by atoms with Crippen LogP contribution in [0.25, 0.3) is 0 Å². The zero-order valence-corrected chi connectivity index (χ0v) is 29.2. The molecular formula is C14H42Cl2O6Si7. The van der Waals surface area contributed by atoms with Crippen molar-refractivity contribution in [3.8, 4) is 0 Å². The van der Waals surface area contributed by atoms with Crippen LogP contribution in [-0.2, 0) is 24.7 Å². The molecule has 0 rings (SSSR count). The Morgan fingerprint density at radius 2 is 0.552 bits per heavy atom. The highest BCUT2D eigenvalue weighted by Gasteiger charge is 2.51. The van der Waals surface area contributed by atoms with Gasteiger partial charge in [-0.05, 0) is 91.7 Å². The minimum atomic E-state index is -3.52.